The minimum Gasteiger partial charge on any atom is -0.294 e. The van der Waals surface area contributed by atoms with Gasteiger partial charge in [0.1, 0.15) is 0 Å². The summed E-state index contributed by atoms with van der Waals surface area (Å²) >= 11 is 1.78. The second kappa shape index (κ2) is 7.33. The summed E-state index contributed by atoms with van der Waals surface area (Å²) in [6.45, 7) is 3.16. The third-order valence-corrected chi connectivity index (χ3v) is 7.86. The number of piperidine rings is 1. The number of hydrogen-bond acceptors (Lipinski definition) is 4. The second-order valence-corrected chi connectivity index (χ2v) is 9.94. The van der Waals surface area contributed by atoms with Crippen LogP contribution in [0, 0.1) is 5.92 Å². The van der Waals surface area contributed by atoms with Crippen LogP contribution in [0.4, 0.5) is 0 Å². The Labute approximate surface area is 150 Å². The molecule has 4 rings (SSSR count). The molecular weight excluding hydrogens is 342 g/mol. The predicted octanol–water partition coefficient (Wildman–Crippen LogP) is 2.11. The summed E-state index contributed by atoms with van der Waals surface area (Å²) in [6, 6.07) is 8.84. The molecule has 24 heavy (non-hydrogen) atoms. The highest BCUT2D eigenvalue weighted by molar-refractivity contribution is 7.98. The molecule has 3 aliphatic rings. The zero-order chi connectivity index (χ0) is 17.3. The number of fused-ring (bicyclic) bond motifs is 4. The fourth-order valence-corrected chi connectivity index (χ4v) is 5.63. The maximum Gasteiger partial charge on any atom is 0.281 e. The topological polar surface area (TPSA) is 43.9 Å². The van der Waals surface area contributed by atoms with E-state index >= 15 is 0 Å². The van der Waals surface area contributed by atoms with E-state index in [2.05, 4.69) is 35.4 Å². The molecule has 0 aliphatic carbocycles. The molecule has 0 saturated carbocycles. The summed E-state index contributed by atoms with van der Waals surface area (Å²) < 4.78 is 28.1. The average Bonchev–Trinajstić information content (AvgIpc) is 2.87. The first-order valence-corrected chi connectivity index (χ1v) is 11.1. The first-order valence-electron chi connectivity index (χ1n) is 8.45. The largest absolute Gasteiger partial charge is 0.294 e. The molecule has 134 valence electrons. The van der Waals surface area contributed by atoms with E-state index in [1.165, 1.54) is 14.8 Å². The average molecular weight is 370 g/mol. The van der Waals surface area contributed by atoms with Gasteiger partial charge in [0.2, 0.25) is 0 Å². The van der Waals surface area contributed by atoms with Gasteiger partial charge in [0.25, 0.3) is 10.2 Å². The molecule has 3 aliphatic heterocycles. The van der Waals surface area contributed by atoms with Crippen LogP contribution >= 0.6 is 11.8 Å². The summed E-state index contributed by atoms with van der Waals surface area (Å²) in [5, 5.41) is 0. The minimum atomic E-state index is -3.32. The van der Waals surface area contributed by atoms with Crippen LogP contribution in [0.15, 0.2) is 29.2 Å². The predicted molar refractivity (Wildman–Crippen MR) is 99.3 cm³/mol. The van der Waals surface area contributed by atoms with Crippen LogP contribution in [0.5, 0.6) is 0 Å². The summed E-state index contributed by atoms with van der Waals surface area (Å²) in [5.41, 5.74) is 1.35. The molecule has 1 aromatic rings. The van der Waals surface area contributed by atoms with Crippen molar-refractivity contribution in [1.29, 1.82) is 0 Å². The maximum atomic E-state index is 12.6. The van der Waals surface area contributed by atoms with Crippen molar-refractivity contribution in [3.63, 3.8) is 0 Å². The number of rotatable bonds is 5. The SMILES string of the molecule is CSc1ccccc1CN1C[C@@H]2CC[C@H]1CN(S(=O)(=O)N(C)C)C2. The van der Waals surface area contributed by atoms with Crippen molar-refractivity contribution < 1.29 is 8.42 Å². The number of hydrogen-bond donors (Lipinski definition) is 0. The molecule has 7 heteroatoms. The molecule has 2 bridgehead atoms. The van der Waals surface area contributed by atoms with E-state index in [0.717, 1.165) is 25.9 Å². The molecule has 1 aromatic carbocycles. The monoisotopic (exact) mass is 369 g/mol. The Hall–Kier alpha value is -0.600. The van der Waals surface area contributed by atoms with E-state index in [-0.39, 0.29) is 0 Å². The lowest BCUT2D eigenvalue weighted by atomic mass is 9.94. The fourth-order valence-electron chi connectivity index (χ4n) is 3.80. The van der Waals surface area contributed by atoms with Crippen LogP contribution in [0.3, 0.4) is 0 Å². The number of thioether (sulfide) groups is 1. The van der Waals surface area contributed by atoms with Gasteiger partial charge in [0.05, 0.1) is 0 Å². The van der Waals surface area contributed by atoms with Crippen molar-refractivity contribution in [2.45, 2.75) is 30.3 Å². The lowest BCUT2D eigenvalue weighted by molar-refractivity contribution is 0.124. The molecule has 0 amide bonds. The lowest BCUT2D eigenvalue weighted by Gasteiger charge is -2.36. The van der Waals surface area contributed by atoms with Crippen LogP contribution in [0.25, 0.3) is 0 Å². The first-order chi connectivity index (χ1) is 11.4. The highest BCUT2D eigenvalue weighted by atomic mass is 32.2. The third kappa shape index (κ3) is 3.65. The van der Waals surface area contributed by atoms with Gasteiger partial charge in [-0.25, -0.2) is 0 Å². The van der Waals surface area contributed by atoms with Gasteiger partial charge in [-0.2, -0.15) is 17.0 Å². The van der Waals surface area contributed by atoms with Crippen LogP contribution in [-0.2, 0) is 16.8 Å². The van der Waals surface area contributed by atoms with Crippen LogP contribution in [0.1, 0.15) is 18.4 Å². The molecule has 0 N–H and O–H groups in total. The Balaban J connectivity index is 1.79. The quantitative estimate of drug-likeness (QED) is 0.746. The van der Waals surface area contributed by atoms with E-state index in [1.54, 1.807) is 30.2 Å². The Morgan fingerprint density at radius 2 is 1.92 bits per heavy atom. The van der Waals surface area contributed by atoms with Crippen LogP contribution in [-0.4, -0.2) is 68.0 Å². The molecule has 0 unspecified atom stereocenters. The van der Waals surface area contributed by atoms with Gasteiger partial charge in [-0.15, -0.1) is 11.8 Å². The van der Waals surface area contributed by atoms with Crippen LogP contribution < -0.4 is 0 Å². The zero-order valence-corrected chi connectivity index (χ0v) is 16.3. The normalized spacial score (nSPS) is 26.0. The van der Waals surface area contributed by atoms with Gasteiger partial charge in [0.15, 0.2) is 0 Å². The van der Waals surface area contributed by atoms with Gasteiger partial charge in [-0.05, 0) is 36.6 Å². The Morgan fingerprint density at radius 1 is 1.17 bits per heavy atom. The van der Waals surface area contributed by atoms with E-state index in [9.17, 15) is 8.42 Å². The van der Waals surface area contributed by atoms with Crippen molar-refractivity contribution in [2.75, 3.05) is 40.0 Å². The summed E-state index contributed by atoms with van der Waals surface area (Å²) in [6.07, 6.45) is 4.33. The Kier molecular flexibility index (Phi) is 5.56. The summed E-state index contributed by atoms with van der Waals surface area (Å²) in [5.74, 6) is 0.430. The van der Waals surface area contributed by atoms with E-state index < -0.39 is 10.2 Å². The van der Waals surface area contributed by atoms with Gasteiger partial charge < -0.3 is 0 Å². The van der Waals surface area contributed by atoms with Gasteiger partial charge >= 0.3 is 0 Å². The van der Waals surface area contributed by atoms with Crippen molar-refractivity contribution >= 4 is 22.0 Å². The Morgan fingerprint density at radius 3 is 2.62 bits per heavy atom. The number of nitrogens with zero attached hydrogens (tertiary/aromatic N) is 3. The first kappa shape index (κ1) is 18.2. The zero-order valence-electron chi connectivity index (χ0n) is 14.7. The van der Waals surface area contributed by atoms with Gasteiger partial charge in [-0.1, -0.05) is 18.2 Å². The van der Waals surface area contributed by atoms with E-state index in [0.29, 0.717) is 25.0 Å². The molecule has 5 nitrogen and oxygen atoms in total. The molecule has 3 fully saturated rings. The highest BCUT2D eigenvalue weighted by Gasteiger charge is 2.39. The second-order valence-electron chi connectivity index (χ2n) is 6.95. The Bertz CT molecular complexity index is 678. The van der Waals surface area contributed by atoms with Crippen molar-refractivity contribution in [3.8, 4) is 0 Å². The smallest absolute Gasteiger partial charge is 0.281 e. The molecule has 3 heterocycles. The lowest BCUT2D eigenvalue weighted by Crippen LogP contribution is -2.45. The van der Waals surface area contributed by atoms with E-state index in [1.807, 2.05) is 0 Å². The van der Waals surface area contributed by atoms with Crippen molar-refractivity contribution in [1.82, 2.24) is 13.5 Å². The summed E-state index contributed by atoms with van der Waals surface area (Å²) in [7, 11) is -0.0830. The van der Waals surface area contributed by atoms with Gasteiger partial charge in [-0.3, -0.25) is 4.90 Å². The molecule has 0 aromatic heterocycles. The molecule has 3 saturated heterocycles. The highest BCUT2D eigenvalue weighted by Crippen LogP contribution is 2.32. The standard InChI is InChI=1S/C17H27N3O2S2/c1-18(2)24(21,22)20-11-14-8-9-16(13-20)19(10-14)12-15-6-4-5-7-17(15)23-3/h4-7,14,16H,8-13H2,1-3H3/t14-,16-/m0/s1. The van der Waals surface area contributed by atoms with Crippen molar-refractivity contribution in [2.24, 2.45) is 5.92 Å². The van der Waals surface area contributed by atoms with Crippen molar-refractivity contribution in [3.05, 3.63) is 29.8 Å². The van der Waals surface area contributed by atoms with Crippen LogP contribution in [0.2, 0.25) is 0 Å². The number of benzene rings is 1. The molecule has 0 radical (unpaired) electrons. The maximum absolute atomic E-state index is 12.6. The molecule has 0 spiro atoms. The third-order valence-electron chi connectivity index (χ3n) is 5.15. The fraction of sp³-hybridized carbons (Fsp3) is 0.647. The molecular formula is C17H27N3O2S2. The minimum absolute atomic E-state index is 0.313. The summed E-state index contributed by atoms with van der Waals surface area (Å²) in [4.78, 5) is 3.81. The molecule has 2 atom stereocenters. The van der Waals surface area contributed by atoms with Gasteiger partial charge in [0, 0.05) is 51.2 Å². The van der Waals surface area contributed by atoms with E-state index in [4.69, 9.17) is 0 Å².